The summed E-state index contributed by atoms with van der Waals surface area (Å²) in [5, 5.41) is 11.4. The number of rotatable bonds is 5. The molecule has 0 spiro atoms. The zero-order valence-electron chi connectivity index (χ0n) is 11.6. The van der Waals surface area contributed by atoms with Gasteiger partial charge in [-0.3, -0.25) is 4.79 Å². The van der Waals surface area contributed by atoms with Crippen molar-refractivity contribution in [3.63, 3.8) is 0 Å². The molecule has 2 heterocycles. The summed E-state index contributed by atoms with van der Waals surface area (Å²) in [4.78, 5) is 29.8. The van der Waals surface area contributed by atoms with Gasteiger partial charge in [0.15, 0.2) is 0 Å². The topological polar surface area (TPSA) is 70.5 Å². The van der Waals surface area contributed by atoms with E-state index >= 15 is 0 Å². The van der Waals surface area contributed by atoms with Crippen LogP contribution in [0.3, 0.4) is 0 Å². The van der Waals surface area contributed by atoms with E-state index in [4.69, 9.17) is 5.11 Å². The third kappa shape index (κ3) is 4.24. The summed E-state index contributed by atoms with van der Waals surface area (Å²) in [6.45, 7) is 2.34. The average molecular weight is 322 g/mol. The van der Waals surface area contributed by atoms with Crippen molar-refractivity contribution in [3.8, 4) is 0 Å². The van der Waals surface area contributed by atoms with Gasteiger partial charge in [0.1, 0.15) is 4.88 Å². The Morgan fingerprint density at radius 3 is 2.86 bits per heavy atom. The SMILES string of the molecule is Cc1ncc(C(=O)N(C)Cc2csc(/C=C/C(=O)O)c2)s1. The van der Waals surface area contributed by atoms with Crippen molar-refractivity contribution in [3.05, 3.63) is 44.0 Å². The lowest BCUT2D eigenvalue weighted by Crippen LogP contribution is -2.25. The maximum Gasteiger partial charge on any atom is 0.328 e. The molecule has 110 valence electrons. The summed E-state index contributed by atoms with van der Waals surface area (Å²) >= 11 is 2.82. The third-order valence-electron chi connectivity index (χ3n) is 2.66. The molecule has 0 radical (unpaired) electrons. The number of hydrogen-bond donors (Lipinski definition) is 1. The zero-order chi connectivity index (χ0) is 15.4. The second kappa shape index (κ2) is 6.64. The quantitative estimate of drug-likeness (QED) is 0.859. The molecule has 0 aliphatic rings. The molecule has 0 aliphatic heterocycles. The molecule has 0 unspecified atom stereocenters. The number of amides is 1. The number of carboxylic acid groups (broad SMARTS) is 1. The van der Waals surface area contributed by atoms with Gasteiger partial charge in [0.25, 0.3) is 5.91 Å². The van der Waals surface area contributed by atoms with Crippen LogP contribution >= 0.6 is 22.7 Å². The highest BCUT2D eigenvalue weighted by molar-refractivity contribution is 7.13. The van der Waals surface area contributed by atoms with E-state index < -0.39 is 5.97 Å². The van der Waals surface area contributed by atoms with Crippen molar-refractivity contribution < 1.29 is 14.7 Å². The Bertz CT molecular complexity index is 688. The molecule has 2 aromatic heterocycles. The molecule has 0 bridgehead atoms. The number of carbonyl (C=O) groups is 2. The van der Waals surface area contributed by atoms with Gasteiger partial charge in [0.2, 0.25) is 0 Å². The second-order valence-electron chi connectivity index (χ2n) is 4.43. The van der Waals surface area contributed by atoms with Gasteiger partial charge >= 0.3 is 5.97 Å². The van der Waals surface area contributed by atoms with E-state index in [0.717, 1.165) is 21.5 Å². The number of thiophene rings is 1. The van der Waals surface area contributed by atoms with Crippen LogP contribution in [0.15, 0.2) is 23.7 Å². The van der Waals surface area contributed by atoms with Crippen molar-refractivity contribution in [1.29, 1.82) is 0 Å². The highest BCUT2D eigenvalue weighted by Gasteiger charge is 2.15. The number of thiazole rings is 1. The van der Waals surface area contributed by atoms with E-state index in [9.17, 15) is 9.59 Å². The first kappa shape index (κ1) is 15.4. The van der Waals surface area contributed by atoms with Crippen LogP contribution in [0, 0.1) is 6.92 Å². The number of nitrogens with zero attached hydrogens (tertiary/aromatic N) is 2. The minimum Gasteiger partial charge on any atom is -0.478 e. The summed E-state index contributed by atoms with van der Waals surface area (Å²) < 4.78 is 0. The summed E-state index contributed by atoms with van der Waals surface area (Å²) in [5.41, 5.74) is 0.974. The van der Waals surface area contributed by atoms with Crippen LogP contribution in [0.2, 0.25) is 0 Å². The number of aliphatic carboxylic acids is 1. The highest BCUT2D eigenvalue weighted by atomic mass is 32.1. The fourth-order valence-electron chi connectivity index (χ4n) is 1.71. The Balaban J connectivity index is 2.01. The van der Waals surface area contributed by atoms with E-state index in [0.29, 0.717) is 11.4 Å². The van der Waals surface area contributed by atoms with Gasteiger partial charge in [0.05, 0.1) is 11.2 Å². The van der Waals surface area contributed by atoms with Crippen molar-refractivity contribution in [2.45, 2.75) is 13.5 Å². The van der Waals surface area contributed by atoms with Crippen molar-refractivity contribution in [2.24, 2.45) is 0 Å². The molecule has 0 fully saturated rings. The van der Waals surface area contributed by atoms with Gasteiger partial charge in [-0.2, -0.15) is 0 Å². The molecule has 5 nitrogen and oxygen atoms in total. The molecule has 0 atom stereocenters. The summed E-state index contributed by atoms with van der Waals surface area (Å²) in [5.74, 6) is -1.03. The first-order chi connectivity index (χ1) is 9.95. The molecule has 7 heteroatoms. The van der Waals surface area contributed by atoms with Crippen LogP contribution in [0.1, 0.15) is 25.1 Å². The van der Waals surface area contributed by atoms with E-state index in [1.807, 2.05) is 18.4 Å². The van der Waals surface area contributed by atoms with Crippen molar-refractivity contribution in [1.82, 2.24) is 9.88 Å². The molecule has 0 aliphatic carbocycles. The van der Waals surface area contributed by atoms with E-state index in [1.165, 1.54) is 22.7 Å². The van der Waals surface area contributed by atoms with Crippen LogP contribution in [-0.4, -0.2) is 33.9 Å². The Morgan fingerprint density at radius 1 is 1.48 bits per heavy atom. The largest absolute Gasteiger partial charge is 0.478 e. The fraction of sp³-hybridized carbons (Fsp3) is 0.214. The lowest BCUT2D eigenvalue weighted by molar-refractivity contribution is -0.131. The normalized spacial score (nSPS) is 11.0. The Morgan fingerprint density at radius 2 is 2.24 bits per heavy atom. The maximum atomic E-state index is 12.2. The third-order valence-corrected chi connectivity index (χ3v) is 4.51. The number of carboxylic acids is 1. The highest BCUT2D eigenvalue weighted by Crippen LogP contribution is 2.19. The van der Waals surface area contributed by atoms with Crippen LogP contribution in [0.5, 0.6) is 0 Å². The molecule has 1 N–H and O–H groups in total. The number of carbonyl (C=O) groups excluding carboxylic acids is 1. The molecule has 0 aromatic carbocycles. The smallest absolute Gasteiger partial charge is 0.328 e. The first-order valence-corrected chi connectivity index (χ1v) is 7.81. The standard InChI is InChI=1S/C14H14N2O3S2/c1-9-15-6-12(21-9)14(19)16(2)7-10-5-11(20-8-10)3-4-13(17)18/h3-6,8H,7H2,1-2H3,(H,17,18)/b4-3+. The second-order valence-corrected chi connectivity index (χ2v) is 6.61. The van der Waals surface area contributed by atoms with Gasteiger partial charge in [0, 0.05) is 24.5 Å². The van der Waals surface area contributed by atoms with Crippen LogP contribution < -0.4 is 0 Å². The lowest BCUT2D eigenvalue weighted by Gasteiger charge is -2.14. The Labute approximate surface area is 130 Å². The lowest BCUT2D eigenvalue weighted by atomic mass is 10.2. The van der Waals surface area contributed by atoms with Crippen LogP contribution in [0.4, 0.5) is 0 Å². The van der Waals surface area contributed by atoms with Crippen molar-refractivity contribution >= 4 is 40.6 Å². The zero-order valence-corrected chi connectivity index (χ0v) is 13.2. The van der Waals surface area contributed by atoms with Gasteiger partial charge in [-0.05, 0) is 30.0 Å². The van der Waals surface area contributed by atoms with E-state index in [-0.39, 0.29) is 5.91 Å². The average Bonchev–Trinajstić information content (AvgIpc) is 3.04. The van der Waals surface area contributed by atoms with Gasteiger partial charge < -0.3 is 10.0 Å². The summed E-state index contributed by atoms with van der Waals surface area (Å²) in [6, 6.07) is 1.88. The summed E-state index contributed by atoms with van der Waals surface area (Å²) in [7, 11) is 1.74. The van der Waals surface area contributed by atoms with E-state index in [2.05, 4.69) is 4.98 Å². The minimum atomic E-state index is -0.974. The van der Waals surface area contributed by atoms with E-state index in [1.54, 1.807) is 24.2 Å². The predicted molar refractivity (Wildman–Crippen MR) is 83.6 cm³/mol. The molecule has 21 heavy (non-hydrogen) atoms. The number of aryl methyl sites for hydroxylation is 1. The van der Waals surface area contributed by atoms with Crippen molar-refractivity contribution in [2.75, 3.05) is 7.05 Å². The Kier molecular flexibility index (Phi) is 4.87. The number of hydrogen-bond acceptors (Lipinski definition) is 5. The monoisotopic (exact) mass is 322 g/mol. The maximum absolute atomic E-state index is 12.2. The molecular weight excluding hydrogens is 308 g/mol. The Hall–Kier alpha value is -1.99. The molecular formula is C14H14N2O3S2. The summed E-state index contributed by atoms with van der Waals surface area (Å²) in [6.07, 6.45) is 4.24. The van der Waals surface area contributed by atoms with Gasteiger partial charge in [-0.1, -0.05) is 0 Å². The molecule has 0 saturated carbocycles. The first-order valence-electron chi connectivity index (χ1n) is 6.12. The molecule has 0 saturated heterocycles. The van der Waals surface area contributed by atoms with Gasteiger partial charge in [-0.15, -0.1) is 22.7 Å². The predicted octanol–water partition coefficient (Wildman–Crippen LogP) is 2.88. The molecule has 2 aromatic rings. The van der Waals surface area contributed by atoms with Gasteiger partial charge in [-0.25, -0.2) is 9.78 Å². The van der Waals surface area contributed by atoms with Crippen LogP contribution in [-0.2, 0) is 11.3 Å². The van der Waals surface area contributed by atoms with Crippen LogP contribution in [0.25, 0.3) is 6.08 Å². The fourth-order valence-corrected chi connectivity index (χ4v) is 3.28. The minimum absolute atomic E-state index is 0.0607. The number of aromatic nitrogens is 1. The molecule has 2 rings (SSSR count). The molecule has 1 amide bonds.